The van der Waals surface area contributed by atoms with Crippen LogP contribution in [0.1, 0.15) is 61.4 Å². The average Bonchev–Trinajstić information content (AvgIpc) is 2.49. The molecular formula is C17H20O3. The minimum absolute atomic E-state index is 0.0891. The van der Waals surface area contributed by atoms with Gasteiger partial charge in [-0.05, 0) is 56.4 Å². The summed E-state index contributed by atoms with van der Waals surface area (Å²) in [7, 11) is 0. The van der Waals surface area contributed by atoms with Crippen molar-refractivity contribution < 1.29 is 14.7 Å². The normalized spacial score (nSPS) is 32.0. The molecule has 3 aliphatic carbocycles. The van der Waals surface area contributed by atoms with Crippen molar-refractivity contribution >= 4 is 11.8 Å². The summed E-state index contributed by atoms with van der Waals surface area (Å²) < 4.78 is 0. The van der Waals surface area contributed by atoms with Crippen molar-refractivity contribution in [1.29, 1.82) is 0 Å². The predicted molar refractivity (Wildman–Crippen MR) is 75.9 cm³/mol. The van der Waals surface area contributed by atoms with E-state index in [4.69, 9.17) is 0 Å². The highest BCUT2D eigenvalue weighted by molar-refractivity contribution is 5.94. The third-order valence-corrected chi connectivity index (χ3v) is 5.60. The van der Waals surface area contributed by atoms with Gasteiger partial charge in [-0.3, -0.25) is 9.59 Å². The molecular weight excluding hydrogens is 252 g/mol. The SMILES string of the molecule is CC(=O)c1ccc(C23CCC(C(=O)O)(CC2)CC3)cc1. The van der Waals surface area contributed by atoms with Gasteiger partial charge in [0.25, 0.3) is 0 Å². The van der Waals surface area contributed by atoms with E-state index < -0.39 is 11.4 Å². The molecule has 3 aliphatic rings. The lowest BCUT2D eigenvalue weighted by molar-refractivity contribution is -0.156. The second-order valence-corrected chi connectivity index (χ2v) is 6.50. The third-order valence-electron chi connectivity index (χ3n) is 5.60. The van der Waals surface area contributed by atoms with Crippen molar-refractivity contribution in [3.05, 3.63) is 35.4 Å². The van der Waals surface area contributed by atoms with E-state index in [9.17, 15) is 14.7 Å². The Bertz CT molecular complexity index is 532. The van der Waals surface area contributed by atoms with Gasteiger partial charge in [0.05, 0.1) is 5.41 Å². The molecule has 0 unspecified atom stereocenters. The third kappa shape index (κ3) is 1.88. The standard InChI is InChI=1S/C17H20O3/c1-12(18)13-2-4-14(5-3-13)16-6-9-17(10-7-16,11-8-16)15(19)20/h2-5H,6-11H2,1H3,(H,19,20). The Balaban J connectivity index is 1.86. The number of hydrogen-bond donors (Lipinski definition) is 1. The number of carboxylic acid groups (broad SMARTS) is 1. The largest absolute Gasteiger partial charge is 0.481 e. The number of carbonyl (C=O) groups is 2. The van der Waals surface area contributed by atoms with E-state index >= 15 is 0 Å². The summed E-state index contributed by atoms with van der Waals surface area (Å²) in [5.74, 6) is -0.524. The molecule has 0 amide bonds. The minimum Gasteiger partial charge on any atom is -0.481 e. The molecule has 3 heteroatoms. The number of rotatable bonds is 3. The Kier molecular flexibility index (Phi) is 2.96. The molecule has 0 atom stereocenters. The van der Waals surface area contributed by atoms with Crippen molar-refractivity contribution in [1.82, 2.24) is 0 Å². The Morgan fingerprint density at radius 3 is 1.85 bits per heavy atom. The summed E-state index contributed by atoms with van der Waals surface area (Å²) in [6.45, 7) is 1.58. The zero-order chi connectivity index (χ0) is 14.4. The number of Topliss-reactive ketones (excluding diaryl/α,β-unsaturated/α-hetero) is 1. The fraction of sp³-hybridized carbons (Fsp3) is 0.529. The number of carboxylic acids is 1. The van der Waals surface area contributed by atoms with Crippen LogP contribution < -0.4 is 0 Å². The summed E-state index contributed by atoms with van der Waals surface area (Å²) in [6.07, 6.45) is 5.24. The summed E-state index contributed by atoms with van der Waals surface area (Å²) in [5, 5.41) is 9.43. The van der Waals surface area contributed by atoms with Crippen molar-refractivity contribution in [2.75, 3.05) is 0 Å². The second kappa shape index (κ2) is 4.44. The van der Waals surface area contributed by atoms with E-state index in [0.717, 1.165) is 44.1 Å². The molecule has 3 nitrogen and oxygen atoms in total. The van der Waals surface area contributed by atoms with Crippen LogP contribution in [-0.2, 0) is 10.2 Å². The molecule has 0 aromatic heterocycles. The van der Waals surface area contributed by atoms with Crippen molar-refractivity contribution in [3.63, 3.8) is 0 Å². The Labute approximate surface area is 119 Å². The van der Waals surface area contributed by atoms with Gasteiger partial charge >= 0.3 is 5.97 Å². The fourth-order valence-electron chi connectivity index (χ4n) is 4.00. The fourth-order valence-corrected chi connectivity index (χ4v) is 4.00. The average molecular weight is 272 g/mol. The molecule has 0 heterocycles. The first kappa shape index (κ1) is 13.3. The number of fused-ring (bicyclic) bond motifs is 3. The molecule has 106 valence electrons. The van der Waals surface area contributed by atoms with Gasteiger partial charge < -0.3 is 5.11 Å². The van der Waals surface area contributed by atoms with Crippen LogP contribution in [0, 0.1) is 5.41 Å². The van der Waals surface area contributed by atoms with Crippen molar-refractivity contribution in [2.45, 2.75) is 50.9 Å². The maximum Gasteiger partial charge on any atom is 0.309 e. The van der Waals surface area contributed by atoms with Crippen LogP contribution in [0.5, 0.6) is 0 Å². The second-order valence-electron chi connectivity index (χ2n) is 6.50. The Morgan fingerprint density at radius 1 is 0.950 bits per heavy atom. The van der Waals surface area contributed by atoms with Gasteiger partial charge in [0.1, 0.15) is 0 Å². The summed E-state index contributed by atoms with van der Waals surface area (Å²) in [6, 6.07) is 7.94. The zero-order valence-electron chi connectivity index (χ0n) is 11.8. The number of carbonyl (C=O) groups excluding carboxylic acids is 1. The quantitative estimate of drug-likeness (QED) is 0.856. The van der Waals surface area contributed by atoms with Gasteiger partial charge in [-0.2, -0.15) is 0 Å². The lowest BCUT2D eigenvalue weighted by atomic mass is 9.52. The number of hydrogen-bond acceptors (Lipinski definition) is 2. The van der Waals surface area contributed by atoms with Gasteiger partial charge in [-0.25, -0.2) is 0 Å². The number of benzene rings is 1. The topological polar surface area (TPSA) is 54.4 Å². The molecule has 0 saturated heterocycles. The molecule has 0 radical (unpaired) electrons. The van der Waals surface area contributed by atoms with Gasteiger partial charge in [0.15, 0.2) is 5.78 Å². The van der Waals surface area contributed by atoms with E-state index in [1.165, 1.54) is 5.56 Å². The monoisotopic (exact) mass is 272 g/mol. The van der Waals surface area contributed by atoms with Gasteiger partial charge in [0, 0.05) is 5.56 Å². The minimum atomic E-state index is -0.613. The molecule has 1 N–H and O–H groups in total. The van der Waals surface area contributed by atoms with Crippen LogP contribution in [-0.4, -0.2) is 16.9 Å². The zero-order valence-corrected chi connectivity index (χ0v) is 11.8. The van der Waals surface area contributed by atoms with Gasteiger partial charge in [-0.1, -0.05) is 24.3 Å². The van der Waals surface area contributed by atoms with Crippen LogP contribution in [0.2, 0.25) is 0 Å². The highest BCUT2D eigenvalue weighted by atomic mass is 16.4. The molecule has 0 spiro atoms. The lowest BCUT2D eigenvalue weighted by Crippen LogP contribution is -2.47. The van der Waals surface area contributed by atoms with E-state index in [0.29, 0.717) is 0 Å². The number of ketones is 1. The molecule has 4 rings (SSSR count). The molecule has 2 bridgehead atoms. The van der Waals surface area contributed by atoms with Crippen LogP contribution in [0.15, 0.2) is 24.3 Å². The van der Waals surface area contributed by atoms with E-state index in [1.54, 1.807) is 6.92 Å². The van der Waals surface area contributed by atoms with E-state index in [1.807, 2.05) is 12.1 Å². The van der Waals surface area contributed by atoms with E-state index in [-0.39, 0.29) is 11.2 Å². The number of aliphatic carboxylic acids is 1. The smallest absolute Gasteiger partial charge is 0.309 e. The van der Waals surface area contributed by atoms with E-state index in [2.05, 4.69) is 12.1 Å². The van der Waals surface area contributed by atoms with Crippen LogP contribution in [0.4, 0.5) is 0 Å². The first-order chi connectivity index (χ1) is 9.47. The first-order valence-electron chi connectivity index (χ1n) is 7.32. The summed E-state index contributed by atoms with van der Waals surface area (Å²) in [4.78, 5) is 22.8. The molecule has 20 heavy (non-hydrogen) atoms. The predicted octanol–water partition coefficient (Wildman–Crippen LogP) is 3.57. The summed E-state index contributed by atoms with van der Waals surface area (Å²) >= 11 is 0. The highest BCUT2D eigenvalue weighted by Gasteiger charge is 2.53. The molecule has 0 aliphatic heterocycles. The van der Waals surface area contributed by atoms with Gasteiger partial charge in [-0.15, -0.1) is 0 Å². The van der Waals surface area contributed by atoms with Crippen LogP contribution >= 0.6 is 0 Å². The van der Waals surface area contributed by atoms with Gasteiger partial charge in [0.2, 0.25) is 0 Å². The summed E-state index contributed by atoms with van der Waals surface area (Å²) in [5.41, 5.74) is 1.71. The maximum atomic E-state index is 11.5. The van der Waals surface area contributed by atoms with Crippen molar-refractivity contribution in [3.8, 4) is 0 Å². The van der Waals surface area contributed by atoms with Crippen molar-refractivity contribution in [2.24, 2.45) is 5.41 Å². The molecule has 1 aromatic rings. The lowest BCUT2D eigenvalue weighted by Gasteiger charge is -2.51. The van der Waals surface area contributed by atoms with Crippen LogP contribution in [0.3, 0.4) is 0 Å². The molecule has 3 saturated carbocycles. The molecule has 1 aromatic carbocycles. The highest BCUT2D eigenvalue weighted by Crippen LogP contribution is 2.57. The Morgan fingerprint density at radius 2 is 1.45 bits per heavy atom. The maximum absolute atomic E-state index is 11.5. The first-order valence-corrected chi connectivity index (χ1v) is 7.32. The molecule has 3 fully saturated rings. The Hall–Kier alpha value is -1.64. The van der Waals surface area contributed by atoms with Crippen LogP contribution in [0.25, 0.3) is 0 Å².